The number of nitrogens with two attached hydrogens (primary N) is 1. The summed E-state index contributed by atoms with van der Waals surface area (Å²) in [5.74, 6) is -2.08. The molecule has 0 amide bonds. The highest BCUT2D eigenvalue weighted by Gasteiger charge is 2.17. The maximum Gasteiger partial charge on any atom is 0.360 e. The van der Waals surface area contributed by atoms with E-state index in [2.05, 4.69) is 9.84 Å². The minimum absolute atomic E-state index is 0.0840. The fourth-order valence-corrected chi connectivity index (χ4v) is 1.62. The van der Waals surface area contributed by atoms with Gasteiger partial charge in [-0.25, -0.2) is 13.6 Å². The first-order chi connectivity index (χ1) is 9.02. The molecule has 0 aliphatic heterocycles. The Labute approximate surface area is 107 Å². The smallest absolute Gasteiger partial charge is 0.360 e. The van der Waals surface area contributed by atoms with Gasteiger partial charge in [0.15, 0.2) is 5.69 Å². The van der Waals surface area contributed by atoms with Gasteiger partial charge in [-0.15, -0.1) is 0 Å². The van der Waals surface area contributed by atoms with E-state index in [0.29, 0.717) is 0 Å². The van der Waals surface area contributed by atoms with Gasteiger partial charge in [-0.2, -0.15) is 5.10 Å². The zero-order valence-electron chi connectivity index (χ0n) is 10.1. The van der Waals surface area contributed by atoms with Crippen LogP contribution in [0, 0.1) is 11.6 Å². The van der Waals surface area contributed by atoms with E-state index in [0.717, 1.165) is 12.1 Å². The van der Waals surface area contributed by atoms with Gasteiger partial charge in [0.2, 0.25) is 0 Å². The predicted molar refractivity (Wildman–Crippen MR) is 63.4 cm³/mol. The first-order valence-corrected chi connectivity index (χ1v) is 5.37. The molecule has 5 nitrogen and oxygen atoms in total. The topological polar surface area (TPSA) is 70.1 Å². The molecule has 2 aromatic rings. The van der Waals surface area contributed by atoms with Gasteiger partial charge < -0.3 is 10.5 Å². The van der Waals surface area contributed by atoms with Crippen molar-refractivity contribution in [2.75, 3.05) is 12.8 Å². The minimum atomic E-state index is -0.703. The molecular weight excluding hydrogens is 256 g/mol. The Hall–Kier alpha value is -2.44. The molecule has 19 heavy (non-hydrogen) atoms. The third-order valence-electron chi connectivity index (χ3n) is 2.55. The number of benzene rings is 1. The Balaban J connectivity index is 2.32. The van der Waals surface area contributed by atoms with Crippen molar-refractivity contribution in [2.24, 2.45) is 0 Å². The van der Waals surface area contributed by atoms with Gasteiger partial charge in [0.25, 0.3) is 0 Å². The summed E-state index contributed by atoms with van der Waals surface area (Å²) in [6.07, 6.45) is 1.32. The van der Waals surface area contributed by atoms with Gasteiger partial charge in [-0.3, -0.25) is 4.68 Å². The van der Waals surface area contributed by atoms with Gasteiger partial charge in [0.05, 0.1) is 19.3 Å². The van der Waals surface area contributed by atoms with Crippen LogP contribution in [0.5, 0.6) is 0 Å². The number of rotatable bonds is 3. The maximum absolute atomic E-state index is 13.5. The Morgan fingerprint density at radius 2 is 2.05 bits per heavy atom. The fourth-order valence-electron chi connectivity index (χ4n) is 1.62. The van der Waals surface area contributed by atoms with E-state index >= 15 is 0 Å². The van der Waals surface area contributed by atoms with E-state index in [1.54, 1.807) is 0 Å². The molecule has 100 valence electrons. The number of carbonyl (C=O) groups is 1. The second-order valence-electron chi connectivity index (χ2n) is 3.82. The van der Waals surface area contributed by atoms with Crippen LogP contribution in [0.1, 0.15) is 16.1 Å². The molecular formula is C12H11F2N3O2. The predicted octanol–water partition coefficient (Wildman–Crippen LogP) is 1.58. The van der Waals surface area contributed by atoms with Crippen LogP contribution >= 0.6 is 0 Å². The van der Waals surface area contributed by atoms with E-state index in [9.17, 15) is 13.6 Å². The van der Waals surface area contributed by atoms with Crippen molar-refractivity contribution in [3.8, 4) is 0 Å². The minimum Gasteiger partial charge on any atom is -0.464 e. The number of halogens is 2. The second-order valence-corrected chi connectivity index (χ2v) is 3.82. The Morgan fingerprint density at radius 3 is 2.63 bits per heavy atom. The molecule has 2 rings (SSSR count). The second kappa shape index (κ2) is 5.05. The summed E-state index contributed by atoms with van der Waals surface area (Å²) in [6.45, 7) is -0.167. The van der Waals surface area contributed by atoms with Gasteiger partial charge in [0.1, 0.15) is 11.6 Å². The third kappa shape index (κ3) is 2.54. The van der Waals surface area contributed by atoms with Crippen LogP contribution in [0.3, 0.4) is 0 Å². The molecule has 0 atom stereocenters. The van der Waals surface area contributed by atoms with Crippen molar-refractivity contribution >= 4 is 11.7 Å². The van der Waals surface area contributed by atoms with Gasteiger partial charge in [0, 0.05) is 11.8 Å². The third-order valence-corrected chi connectivity index (χ3v) is 2.55. The molecule has 0 saturated carbocycles. The van der Waals surface area contributed by atoms with E-state index < -0.39 is 17.6 Å². The zero-order chi connectivity index (χ0) is 14.0. The van der Waals surface area contributed by atoms with Crippen LogP contribution in [0.15, 0.2) is 24.4 Å². The Morgan fingerprint density at radius 1 is 1.42 bits per heavy atom. The molecule has 0 aliphatic carbocycles. The highest BCUT2D eigenvalue weighted by molar-refractivity contribution is 5.92. The highest BCUT2D eigenvalue weighted by Crippen LogP contribution is 2.16. The van der Waals surface area contributed by atoms with E-state index in [1.807, 2.05) is 0 Å². The summed E-state index contributed by atoms with van der Waals surface area (Å²) in [7, 11) is 1.19. The summed E-state index contributed by atoms with van der Waals surface area (Å²) >= 11 is 0. The normalized spacial score (nSPS) is 10.5. The number of nitrogen functional groups attached to an aromatic ring is 1. The molecule has 7 heteroatoms. The number of anilines is 1. The largest absolute Gasteiger partial charge is 0.464 e. The average molecular weight is 267 g/mol. The summed E-state index contributed by atoms with van der Waals surface area (Å²) < 4.78 is 32.6. The standard InChI is InChI=1S/C12H11F2N3O2/c1-19-12(18)11-10(15)6-17(16-11)5-7-8(13)3-2-4-9(7)14/h2-4,6H,5,15H2,1H3. The monoisotopic (exact) mass is 267 g/mol. The van der Waals surface area contributed by atoms with Crippen molar-refractivity contribution in [2.45, 2.75) is 6.54 Å². The van der Waals surface area contributed by atoms with E-state index in [4.69, 9.17) is 5.73 Å². The number of aromatic nitrogens is 2. The average Bonchev–Trinajstić information content (AvgIpc) is 2.74. The van der Waals surface area contributed by atoms with Gasteiger partial charge in [-0.05, 0) is 12.1 Å². The quantitative estimate of drug-likeness (QED) is 0.857. The Kier molecular flexibility index (Phi) is 3.46. The number of hydrogen-bond acceptors (Lipinski definition) is 4. The molecule has 0 saturated heterocycles. The summed E-state index contributed by atoms with van der Waals surface area (Å²) in [5.41, 5.74) is 5.43. The first-order valence-electron chi connectivity index (χ1n) is 5.37. The van der Waals surface area contributed by atoms with Crippen molar-refractivity contribution in [1.82, 2.24) is 9.78 Å². The molecule has 1 aromatic heterocycles. The molecule has 0 radical (unpaired) electrons. The lowest BCUT2D eigenvalue weighted by atomic mass is 10.2. The van der Waals surface area contributed by atoms with Crippen LogP contribution in [0.2, 0.25) is 0 Å². The van der Waals surface area contributed by atoms with Crippen LogP contribution < -0.4 is 5.73 Å². The summed E-state index contributed by atoms with van der Waals surface area (Å²) in [5, 5.41) is 3.84. The summed E-state index contributed by atoms with van der Waals surface area (Å²) in [6, 6.07) is 3.56. The molecule has 0 unspecified atom stereocenters. The lowest BCUT2D eigenvalue weighted by molar-refractivity contribution is 0.0594. The lowest BCUT2D eigenvalue weighted by Gasteiger charge is -2.04. The van der Waals surface area contributed by atoms with E-state index in [1.165, 1.54) is 24.1 Å². The van der Waals surface area contributed by atoms with Crippen LogP contribution in [-0.2, 0) is 11.3 Å². The Bertz CT molecular complexity index is 605. The van der Waals surface area contributed by atoms with Gasteiger partial charge in [-0.1, -0.05) is 6.07 Å². The molecule has 1 aromatic carbocycles. The van der Waals surface area contributed by atoms with Crippen LogP contribution in [0.4, 0.5) is 14.5 Å². The van der Waals surface area contributed by atoms with Crippen LogP contribution in [0.25, 0.3) is 0 Å². The van der Waals surface area contributed by atoms with Crippen molar-refractivity contribution in [3.63, 3.8) is 0 Å². The SMILES string of the molecule is COC(=O)c1nn(Cc2c(F)cccc2F)cc1N. The van der Waals surface area contributed by atoms with E-state index in [-0.39, 0.29) is 23.5 Å². The van der Waals surface area contributed by atoms with Crippen molar-refractivity contribution in [1.29, 1.82) is 0 Å². The molecule has 1 heterocycles. The number of nitrogens with zero attached hydrogens (tertiary/aromatic N) is 2. The zero-order valence-corrected chi connectivity index (χ0v) is 10.1. The number of methoxy groups -OCH3 is 1. The number of esters is 1. The van der Waals surface area contributed by atoms with Crippen LogP contribution in [-0.4, -0.2) is 22.9 Å². The lowest BCUT2D eigenvalue weighted by Crippen LogP contribution is -2.08. The first kappa shape index (κ1) is 13.0. The molecule has 2 N–H and O–H groups in total. The molecule has 0 fully saturated rings. The number of ether oxygens (including phenoxy) is 1. The highest BCUT2D eigenvalue weighted by atomic mass is 19.1. The van der Waals surface area contributed by atoms with Crippen molar-refractivity contribution in [3.05, 3.63) is 47.3 Å². The fraction of sp³-hybridized carbons (Fsp3) is 0.167. The molecule has 0 spiro atoms. The van der Waals surface area contributed by atoms with Crippen molar-refractivity contribution < 1.29 is 18.3 Å². The summed E-state index contributed by atoms with van der Waals surface area (Å²) in [4.78, 5) is 11.3. The number of hydrogen-bond donors (Lipinski definition) is 1. The van der Waals surface area contributed by atoms with Gasteiger partial charge >= 0.3 is 5.97 Å². The molecule has 0 aliphatic rings. The maximum atomic E-state index is 13.5. The molecule has 0 bridgehead atoms. The number of carbonyl (C=O) groups excluding carboxylic acids is 1.